The second-order valence-electron chi connectivity index (χ2n) is 6.30. The van der Waals surface area contributed by atoms with E-state index in [4.69, 9.17) is 5.73 Å². The van der Waals surface area contributed by atoms with Gasteiger partial charge in [-0.05, 0) is 30.2 Å². The molecule has 4 N–H and O–H groups in total. The van der Waals surface area contributed by atoms with Crippen LogP contribution in [0.2, 0.25) is 0 Å². The highest BCUT2D eigenvalue weighted by Crippen LogP contribution is 2.22. The summed E-state index contributed by atoms with van der Waals surface area (Å²) >= 11 is 0. The van der Waals surface area contributed by atoms with Crippen molar-refractivity contribution in [2.24, 2.45) is 0 Å². The van der Waals surface area contributed by atoms with Crippen LogP contribution in [-0.4, -0.2) is 26.8 Å². The molecule has 3 aromatic rings. The lowest BCUT2D eigenvalue weighted by atomic mass is 9.98. The predicted molar refractivity (Wildman–Crippen MR) is 102 cm³/mol. The van der Waals surface area contributed by atoms with Crippen molar-refractivity contribution in [2.75, 3.05) is 5.73 Å². The van der Waals surface area contributed by atoms with E-state index in [0.29, 0.717) is 5.56 Å². The van der Waals surface area contributed by atoms with E-state index in [1.807, 2.05) is 19.1 Å². The SMILES string of the molecule is Cc1ccccc1[C@H](CC(=O)O)NC(=O)c1cc(N)n(-c2ccccc2F)n1. The first-order chi connectivity index (χ1) is 13.4. The first kappa shape index (κ1) is 19.1. The van der Waals surface area contributed by atoms with Crippen LogP contribution in [0.15, 0.2) is 54.6 Å². The van der Waals surface area contributed by atoms with Gasteiger partial charge in [-0.2, -0.15) is 5.10 Å². The topological polar surface area (TPSA) is 110 Å². The number of aryl methyl sites for hydroxylation is 1. The van der Waals surface area contributed by atoms with Gasteiger partial charge in [0.05, 0.1) is 12.5 Å². The third-order valence-corrected chi connectivity index (χ3v) is 4.30. The zero-order chi connectivity index (χ0) is 20.3. The lowest BCUT2D eigenvalue weighted by Gasteiger charge is -2.18. The number of nitrogens with two attached hydrogens (primary N) is 1. The van der Waals surface area contributed by atoms with Crippen LogP contribution in [0.5, 0.6) is 0 Å². The van der Waals surface area contributed by atoms with Crippen LogP contribution in [0.4, 0.5) is 10.2 Å². The molecular formula is C20H19FN4O3. The predicted octanol–water partition coefficient (Wildman–Crippen LogP) is 2.85. The molecule has 144 valence electrons. The molecule has 0 spiro atoms. The number of carboxylic acids is 1. The molecule has 0 aliphatic heterocycles. The zero-order valence-electron chi connectivity index (χ0n) is 15.1. The highest BCUT2D eigenvalue weighted by atomic mass is 19.1. The Hall–Kier alpha value is -3.68. The summed E-state index contributed by atoms with van der Waals surface area (Å²) in [7, 11) is 0. The number of rotatable bonds is 6. The lowest BCUT2D eigenvalue weighted by molar-refractivity contribution is -0.137. The van der Waals surface area contributed by atoms with E-state index in [9.17, 15) is 19.1 Å². The normalized spacial score (nSPS) is 11.8. The largest absolute Gasteiger partial charge is 0.481 e. The third kappa shape index (κ3) is 4.01. The Morgan fingerprint density at radius 1 is 1.21 bits per heavy atom. The Morgan fingerprint density at radius 2 is 1.89 bits per heavy atom. The van der Waals surface area contributed by atoms with E-state index < -0.39 is 23.7 Å². The van der Waals surface area contributed by atoms with Crippen LogP contribution < -0.4 is 11.1 Å². The van der Waals surface area contributed by atoms with Crippen LogP contribution in [0, 0.1) is 12.7 Å². The zero-order valence-corrected chi connectivity index (χ0v) is 15.1. The summed E-state index contributed by atoms with van der Waals surface area (Å²) in [6, 6.07) is 13.7. The van der Waals surface area contributed by atoms with Gasteiger partial charge in [0, 0.05) is 6.07 Å². The summed E-state index contributed by atoms with van der Waals surface area (Å²) in [6.07, 6.45) is -0.292. The maximum absolute atomic E-state index is 14.0. The summed E-state index contributed by atoms with van der Waals surface area (Å²) in [5.41, 5.74) is 7.51. The van der Waals surface area contributed by atoms with Gasteiger partial charge >= 0.3 is 5.97 Å². The molecule has 0 aliphatic rings. The number of aliphatic carboxylic acids is 1. The number of hydrogen-bond acceptors (Lipinski definition) is 4. The monoisotopic (exact) mass is 382 g/mol. The van der Waals surface area contributed by atoms with Gasteiger partial charge < -0.3 is 16.2 Å². The fourth-order valence-corrected chi connectivity index (χ4v) is 2.95. The second-order valence-corrected chi connectivity index (χ2v) is 6.30. The Labute approximate surface area is 160 Å². The minimum atomic E-state index is -1.05. The van der Waals surface area contributed by atoms with Crippen molar-refractivity contribution in [2.45, 2.75) is 19.4 Å². The molecular weight excluding hydrogens is 363 g/mol. The van der Waals surface area contributed by atoms with Crippen molar-refractivity contribution in [1.82, 2.24) is 15.1 Å². The minimum absolute atomic E-state index is 0.0373. The number of amides is 1. The van der Waals surface area contributed by atoms with Gasteiger partial charge in [0.1, 0.15) is 17.3 Å². The average molecular weight is 382 g/mol. The van der Waals surface area contributed by atoms with E-state index in [1.165, 1.54) is 24.3 Å². The van der Waals surface area contributed by atoms with Crippen LogP contribution in [-0.2, 0) is 4.79 Å². The summed E-state index contributed by atoms with van der Waals surface area (Å²) in [5.74, 6) is -2.10. The number of carbonyl (C=O) groups is 2. The Balaban J connectivity index is 1.89. The number of carboxylic acid groups (broad SMARTS) is 1. The van der Waals surface area contributed by atoms with Crippen LogP contribution in [0.25, 0.3) is 5.69 Å². The average Bonchev–Trinajstić information content (AvgIpc) is 3.03. The number of nitrogens with one attached hydrogen (secondary N) is 1. The highest BCUT2D eigenvalue weighted by molar-refractivity contribution is 5.93. The number of carbonyl (C=O) groups excluding carboxylic acids is 1. The molecule has 1 aromatic heterocycles. The van der Waals surface area contributed by atoms with Crippen molar-refractivity contribution >= 4 is 17.7 Å². The van der Waals surface area contributed by atoms with Crippen molar-refractivity contribution in [3.8, 4) is 5.69 Å². The molecule has 1 heterocycles. The number of para-hydroxylation sites is 1. The first-order valence-electron chi connectivity index (χ1n) is 8.55. The van der Waals surface area contributed by atoms with Crippen LogP contribution >= 0.6 is 0 Å². The van der Waals surface area contributed by atoms with Crippen LogP contribution in [0.3, 0.4) is 0 Å². The molecule has 28 heavy (non-hydrogen) atoms. The molecule has 0 radical (unpaired) electrons. The second kappa shape index (κ2) is 7.91. The smallest absolute Gasteiger partial charge is 0.305 e. The van der Waals surface area contributed by atoms with Gasteiger partial charge in [0.25, 0.3) is 5.91 Å². The first-order valence-corrected chi connectivity index (χ1v) is 8.55. The number of nitrogens with zero attached hydrogens (tertiary/aromatic N) is 2. The fourth-order valence-electron chi connectivity index (χ4n) is 2.95. The standard InChI is InChI=1S/C20H19FN4O3/c1-12-6-2-3-7-13(12)15(11-19(26)27)23-20(28)16-10-18(22)25(24-16)17-9-5-4-8-14(17)21/h2-10,15H,11,22H2,1H3,(H,23,28)(H,26,27)/t15-/m0/s1. The van der Waals surface area contributed by atoms with E-state index >= 15 is 0 Å². The maximum Gasteiger partial charge on any atom is 0.305 e. The van der Waals surface area contributed by atoms with E-state index in [1.54, 1.807) is 18.2 Å². The number of hydrogen-bond donors (Lipinski definition) is 3. The van der Waals surface area contributed by atoms with Gasteiger partial charge in [0.2, 0.25) is 0 Å². The molecule has 0 unspecified atom stereocenters. The van der Waals surface area contributed by atoms with Crippen molar-refractivity contribution in [3.05, 3.63) is 77.2 Å². The Kier molecular flexibility index (Phi) is 5.39. The summed E-state index contributed by atoms with van der Waals surface area (Å²) in [5, 5.41) is 16.0. The summed E-state index contributed by atoms with van der Waals surface area (Å²) in [4.78, 5) is 23.9. The van der Waals surface area contributed by atoms with Crippen LogP contribution in [0.1, 0.15) is 34.1 Å². The Bertz CT molecular complexity index is 1030. The molecule has 0 aliphatic carbocycles. The molecule has 0 saturated heterocycles. The Morgan fingerprint density at radius 3 is 2.57 bits per heavy atom. The van der Waals surface area contributed by atoms with E-state index in [0.717, 1.165) is 10.2 Å². The molecule has 0 bridgehead atoms. The quantitative estimate of drug-likeness (QED) is 0.607. The van der Waals surface area contributed by atoms with Gasteiger partial charge in [-0.1, -0.05) is 36.4 Å². The number of anilines is 1. The van der Waals surface area contributed by atoms with Gasteiger partial charge in [-0.3, -0.25) is 9.59 Å². The van der Waals surface area contributed by atoms with Crippen molar-refractivity contribution < 1.29 is 19.1 Å². The summed E-state index contributed by atoms with van der Waals surface area (Å²) < 4.78 is 15.1. The highest BCUT2D eigenvalue weighted by Gasteiger charge is 2.23. The molecule has 7 nitrogen and oxygen atoms in total. The lowest BCUT2D eigenvalue weighted by Crippen LogP contribution is -2.31. The molecule has 1 amide bonds. The van der Waals surface area contributed by atoms with Crippen molar-refractivity contribution in [1.29, 1.82) is 0 Å². The minimum Gasteiger partial charge on any atom is -0.481 e. The van der Waals surface area contributed by atoms with E-state index in [2.05, 4.69) is 10.4 Å². The molecule has 8 heteroatoms. The van der Waals surface area contributed by atoms with Gasteiger partial charge in [-0.15, -0.1) is 0 Å². The third-order valence-electron chi connectivity index (χ3n) is 4.30. The van der Waals surface area contributed by atoms with Gasteiger partial charge in [0.15, 0.2) is 5.69 Å². The van der Waals surface area contributed by atoms with Crippen molar-refractivity contribution in [3.63, 3.8) is 0 Å². The number of benzene rings is 2. The fraction of sp³-hybridized carbons (Fsp3) is 0.150. The number of nitrogen functional groups attached to an aromatic ring is 1. The summed E-state index contributed by atoms with van der Waals surface area (Å²) in [6.45, 7) is 1.83. The maximum atomic E-state index is 14.0. The molecule has 1 atom stereocenters. The van der Waals surface area contributed by atoms with Gasteiger partial charge in [-0.25, -0.2) is 9.07 Å². The molecule has 0 saturated carbocycles. The van der Waals surface area contributed by atoms with E-state index in [-0.39, 0.29) is 23.6 Å². The molecule has 3 rings (SSSR count). The molecule has 0 fully saturated rings. The number of halogens is 1. The molecule has 2 aromatic carbocycles. The number of aromatic nitrogens is 2.